The SMILES string of the molecule is [2H]C([2H])(O[Si](C)(C)C(C)(C)C)C([2H])([2H])N(C(=O)OC(C)(C)C)[C@H]1CCc2c(C#N)cccc21. The van der Waals surface area contributed by atoms with Crippen LogP contribution in [0.1, 0.15) is 76.2 Å². The minimum atomic E-state index is -2.85. The fourth-order valence-electron chi connectivity index (χ4n) is 2.92. The zero-order chi connectivity index (χ0) is 25.6. The third kappa shape index (κ3) is 5.61. The number of nitrogens with zero attached hydrogens (tertiary/aromatic N) is 2. The van der Waals surface area contributed by atoms with Gasteiger partial charge in [0.1, 0.15) is 5.60 Å². The summed E-state index contributed by atoms with van der Waals surface area (Å²) >= 11 is 0. The first-order valence-corrected chi connectivity index (χ1v) is 12.9. The summed E-state index contributed by atoms with van der Waals surface area (Å²) in [4.78, 5) is 14.2. The van der Waals surface area contributed by atoms with E-state index in [0.29, 0.717) is 24.0 Å². The molecule has 0 N–H and O–H groups in total. The Morgan fingerprint density at radius 3 is 2.52 bits per heavy atom. The summed E-state index contributed by atoms with van der Waals surface area (Å²) in [6, 6.07) is 6.49. The fourth-order valence-corrected chi connectivity index (χ4v) is 3.53. The van der Waals surface area contributed by atoms with E-state index in [1.54, 1.807) is 39.0 Å². The van der Waals surface area contributed by atoms with Crippen LogP contribution in [0, 0.1) is 11.3 Å². The van der Waals surface area contributed by atoms with Gasteiger partial charge in [-0.05, 0) is 68.9 Å². The summed E-state index contributed by atoms with van der Waals surface area (Å²) in [5.74, 6) is 0. The number of fused-ring (bicyclic) bond motifs is 1. The smallest absolute Gasteiger partial charge is 0.410 e. The number of amides is 1. The predicted molar refractivity (Wildman–Crippen MR) is 118 cm³/mol. The maximum Gasteiger partial charge on any atom is 0.410 e. The number of ether oxygens (including phenoxy) is 1. The van der Waals surface area contributed by atoms with Gasteiger partial charge in [-0.25, -0.2) is 4.79 Å². The van der Waals surface area contributed by atoms with Crippen molar-refractivity contribution >= 4 is 14.4 Å². The van der Waals surface area contributed by atoms with Gasteiger partial charge in [0.25, 0.3) is 0 Å². The van der Waals surface area contributed by atoms with Crippen LogP contribution in [0.3, 0.4) is 0 Å². The molecule has 0 fully saturated rings. The normalized spacial score (nSPS) is 19.9. The van der Waals surface area contributed by atoms with Crippen molar-refractivity contribution in [3.63, 3.8) is 0 Å². The quantitative estimate of drug-likeness (QED) is 0.564. The van der Waals surface area contributed by atoms with Crippen molar-refractivity contribution in [2.75, 3.05) is 13.1 Å². The summed E-state index contributed by atoms with van der Waals surface area (Å²) < 4.78 is 46.5. The third-order valence-electron chi connectivity index (χ3n) is 5.54. The minimum absolute atomic E-state index is 0.350. The van der Waals surface area contributed by atoms with Crippen molar-refractivity contribution in [1.29, 1.82) is 5.26 Å². The standard InChI is InChI=1S/C23H36N2O3Si/c1-22(2,3)28-21(26)25(14-15-27-29(7,8)23(4,5)6)20-13-12-18-17(16-24)10-9-11-19(18)20/h9-11,20H,12-15H2,1-8H3/t20-/m0/s1/i14D2,15D2. The Morgan fingerprint density at radius 2 is 1.97 bits per heavy atom. The number of hydrogen-bond donors (Lipinski definition) is 0. The maximum absolute atomic E-state index is 13.4. The lowest BCUT2D eigenvalue weighted by Crippen LogP contribution is -2.45. The fraction of sp³-hybridized carbons (Fsp3) is 0.652. The molecule has 5 nitrogen and oxygen atoms in total. The molecule has 1 aliphatic carbocycles. The zero-order valence-corrected chi connectivity index (χ0v) is 19.8. The number of nitriles is 1. The zero-order valence-electron chi connectivity index (χ0n) is 22.8. The van der Waals surface area contributed by atoms with Gasteiger partial charge in [0.15, 0.2) is 8.32 Å². The molecule has 0 spiro atoms. The molecule has 0 radical (unpaired) electrons. The van der Waals surface area contributed by atoms with E-state index in [9.17, 15) is 10.1 Å². The van der Waals surface area contributed by atoms with E-state index in [0.717, 1.165) is 10.5 Å². The second-order valence-electron chi connectivity index (χ2n) is 9.97. The maximum atomic E-state index is 13.4. The number of carbonyl (C=O) groups is 1. The summed E-state index contributed by atoms with van der Waals surface area (Å²) in [6.45, 7) is 8.86. The van der Waals surface area contributed by atoms with E-state index in [-0.39, 0.29) is 5.04 Å². The topological polar surface area (TPSA) is 62.6 Å². The number of benzene rings is 1. The van der Waals surface area contributed by atoms with Gasteiger partial charge in [0.2, 0.25) is 0 Å². The van der Waals surface area contributed by atoms with Crippen LogP contribution in [-0.4, -0.2) is 38.0 Å². The summed E-state index contributed by atoms with van der Waals surface area (Å²) in [6.07, 6.45) is -0.135. The van der Waals surface area contributed by atoms with Crippen molar-refractivity contribution in [3.8, 4) is 6.07 Å². The first-order valence-electron chi connectivity index (χ1n) is 12.0. The second-order valence-corrected chi connectivity index (χ2v) is 14.7. The minimum Gasteiger partial charge on any atom is -0.444 e. The Balaban J connectivity index is 2.60. The van der Waals surface area contributed by atoms with Crippen LogP contribution >= 0.6 is 0 Å². The molecule has 160 valence electrons. The first kappa shape index (κ1) is 18.0. The van der Waals surface area contributed by atoms with Crippen LogP contribution in [0.2, 0.25) is 18.1 Å². The molecule has 0 saturated carbocycles. The van der Waals surface area contributed by atoms with Crippen LogP contribution in [0.4, 0.5) is 4.79 Å². The van der Waals surface area contributed by atoms with Gasteiger partial charge in [-0.2, -0.15) is 5.26 Å². The van der Waals surface area contributed by atoms with Gasteiger partial charge in [-0.3, -0.25) is 4.90 Å². The average molecular weight is 421 g/mol. The number of carbonyl (C=O) groups excluding carboxylic acids is 1. The van der Waals surface area contributed by atoms with Crippen LogP contribution < -0.4 is 0 Å². The molecular formula is C23H36N2O3Si. The van der Waals surface area contributed by atoms with Gasteiger partial charge >= 0.3 is 6.09 Å². The monoisotopic (exact) mass is 420 g/mol. The Bertz CT molecular complexity index is 946. The lowest BCUT2D eigenvalue weighted by Gasteiger charge is -2.38. The molecule has 6 heteroatoms. The van der Waals surface area contributed by atoms with Crippen LogP contribution in [0.25, 0.3) is 0 Å². The molecule has 0 unspecified atom stereocenters. The summed E-state index contributed by atoms with van der Waals surface area (Å²) in [7, 11) is -2.74. The van der Waals surface area contributed by atoms with Crippen molar-refractivity contribution in [2.24, 2.45) is 0 Å². The average Bonchev–Trinajstić information content (AvgIpc) is 3.01. The highest BCUT2D eigenvalue weighted by molar-refractivity contribution is 6.74. The van der Waals surface area contributed by atoms with Gasteiger partial charge in [-0.15, -0.1) is 0 Å². The summed E-state index contributed by atoms with van der Waals surface area (Å²) in [5.41, 5.74) is 0.946. The molecule has 0 aliphatic heterocycles. The molecule has 0 heterocycles. The largest absolute Gasteiger partial charge is 0.444 e. The molecule has 0 aromatic heterocycles. The molecule has 1 aliphatic rings. The van der Waals surface area contributed by atoms with Crippen LogP contribution in [0.15, 0.2) is 18.2 Å². The molecule has 1 amide bonds. The molecule has 1 aromatic carbocycles. The lowest BCUT2D eigenvalue weighted by molar-refractivity contribution is 0.0125. The Morgan fingerprint density at radius 1 is 1.31 bits per heavy atom. The molecule has 29 heavy (non-hydrogen) atoms. The second kappa shape index (κ2) is 8.49. The highest BCUT2D eigenvalue weighted by atomic mass is 28.4. The van der Waals surface area contributed by atoms with E-state index < -0.39 is 39.1 Å². The highest BCUT2D eigenvalue weighted by Crippen LogP contribution is 2.39. The van der Waals surface area contributed by atoms with Crippen LogP contribution in [-0.2, 0) is 15.6 Å². The molecular weight excluding hydrogens is 380 g/mol. The van der Waals surface area contributed by atoms with Crippen molar-refractivity contribution in [2.45, 2.75) is 84.2 Å². The Hall–Kier alpha value is -1.84. The predicted octanol–water partition coefficient (Wildman–Crippen LogP) is 5.80. The Labute approximate surface area is 182 Å². The van der Waals surface area contributed by atoms with Crippen LogP contribution in [0.5, 0.6) is 0 Å². The van der Waals surface area contributed by atoms with E-state index in [1.807, 2.05) is 33.9 Å². The van der Waals surface area contributed by atoms with Gasteiger partial charge in [-0.1, -0.05) is 32.9 Å². The lowest BCUT2D eigenvalue weighted by atomic mass is 10.0. The van der Waals surface area contributed by atoms with Gasteiger partial charge < -0.3 is 9.16 Å². The molecule has 0 bridgehead atoms. The molecule has 1 atom stereocenters. The van der Waals surface area contributed by atoms with E-state index in [2.05, 4.69) is 6.07 Å². The highest BCUT2D eigenvalue weighted by Gasteiger charge is 2.38. The Kier molecular flexibility index (Phi) is 5.26. The summed E-state index contributed by atoms with van der Waals surface area (Å²) in [5, 5.41) is 9.11. The van der Waals surface area contributed by atoms with Gasteiger partial charge in [0, 0.05) is 6.50 Å². The number of rotatable bonds is 5. The van der Waals surface area contributed by atoms with Crippen molar-refractivity contribution < 1.29 is 19.4 Å². The van der Waals surface area contributed by atoms with Crippen molar-refractivity contribution in [1.82, 2.24) is 4.90 Å². The van der Waals surface area contributed by atoms with Crippen molar-refractivity contribution in [3.05, 3.63) is 34.9 Å². The molecule has 0 saturated heterocycles. The first-order chi connectivity index (χ1) is 14.7. The number of hydrogen-bond acceptors (Lipinski definition) is 4. The molecule has 1 aromatic rings. The van der Waals surface area contributed by atoms with E-state index >= 15 is 0 Å². The van der Waals surface area contributed by atoms with E-state index in [1.165, 1.54) is 0 Å². The third-order valence-corrected chi connectivity index (χ3v) is 9.76. The van der Waals surface area contributed by atoms with Gasteiger partial charge in [0.05, 0.1) is 29.7 Å². The van der Waals surface area contributed by atoms with E-state index in [4.69, 9.17) is 14.6 Å². The molecule has 2 rings (SSSR count).